The SMILES string of the molecule is CN(CC#N)C(=O)c1snnc1C(C)(C)C. The van der Waals surface area contributed by atoms with Gasteiger partial charge in [0.15, 0.2) is 0 Å². The van der Waals surface area contributed by atoms with E-state index < -0.39 is 0 Å². The number of hydrogen-bond acceptors (Lipinski definition) is 5. The van der Waals surface area contributed by atoms with Crippen LogP contribution in [0.2, 0.25) is 0 Å². The molecule has 1 amide bonds. The number of amides is 1. The average Bonchev–Trinajstić information content (AvgIpc) is 2.64. The molecule has 0 aliphatic carbocycles. The van der Waals surface area contributed by atoms with Gasteiger partial charge >= 0.3 is 0 Å². The minimum absolute atomic E-state index is 0.0698. The molecule has 0 unspecified atom stereocenters. The smallest absolute Gasteiger partial charge is 0.268 e. The molecular weight excluding hydrogens is 224 g/mol. The van der Waals surface area contributed by atoms with Gasteiger partial charge in [0.2, 0.25) is 0 Å². The van der Waals surface area contributed by atoms with Crippen molar-refractivity contribution in [2.75, 3.05) is 13.6 Å². The van der Waals surface area contributed by atoms with E-state index >= 15 is 0 Å². The van der Waals surface area contributed by atoms with E-state index in [-0.39, 0.29) is 17.9 Å². The second kappa shape index (κ2) is 4.58. The van der Waals surface area contributed by atoms with Crippen molar-refractivity contribution in [3.63, 3.8) is 0 Å². The summed E-state index contributed by atoms with van der Waals surface area (Å²) in [7, 11) is 1.59. The van der Waals surface area contributed by atoms with Crippen LogP contribution in [0.15, 0.2) is 0 Å². The topological polar surface area (TPSA) is 69.9 Å². The molecule has 0 saturated carbocycles. The molecule has 86 valence electrons. The van der Waals surface area contributed by atoms with Gasteiger partial charge in [-0.05, 0) is 11.5 Å². The maximum atomic E-state index is 12.0. The van der Waals surface area contributed by atoms with Gasteiger partial charge in [0.05, 0.1) is 11.8 Å². The van der Waals surface area contributed by atoms with Crippen molar-refractivity contribution in [1.82, 2.24) is 14.5 Å². The molecule has 5 nitrogen and oxygen atoms in total. The highest BCUT2D eigenvalue weighted by Gasteiger charge is 2.27. The van der Waals surface area contributed by atoms with Crippen LogP contribution in [-0.2, 0) is 5.41 Å². The summed E-state index contributed by atoms with van der Waals surface area (Å²) in [6.45, 7) is 6.00. The first-order valence-corrected chi connectivity index (χ1v) is 5.60. The van der Waals surface area contributed by atoms with Crippen molar-refractivity contribution in [3.8, 4) is 6.07 Å². The van der Waals surface area contributed by atoms with E-state index in [0.29, 0.717) is 10.6 Å². The van der Waals surface area contributed by atoms with Crippen molar-refractivity contribution in [2.24, 2.45) is 0 Å². The minimum Gasteiger partial charge on any atom is -0.328 e. The summed E-state index contributed by atoms with van der Waals surface area (Å²) >= 11 is 1.08. The Bertz CT molecular complexity index is 427. The third-order valence-corrected chi connectivity index (χ3v) is 2.76. The van der Waals surface area contributed by atoms with Gasteiger partial charge in [0.25, 0.3) is 5.91 Å². The van der Waals surface area contributed by atoms with Gasteiger partial charge in [-0.25, -0.2) is 0 Å². The Balaban J connectivity index is 3.02. The van der Waals surface area contributed by atoms with E-state index in [4.69, 9.17) is 5.26 Å². The first-order chi connectivity index (χ1) is 7.38. The molecule has 0 saturated heterocycles. The highest BCUT2D eigenvalue weighted by Crippen LogP contribution is 2.26. The Morgan fingerprint density at radius 3 is 2.69 bits per heavy atom. The number of aromatic nitrogens is 2. The Kier molecular flexibility index (Phi) is 3.60. The Hall–Kier alpha value is -1.48. The summed E-state index contributed by atoms with van der Waals surface area (Å²) in [4.78, 5) is 13.9. The third-order valence-electron chi connectivity index (χ3n) is 2.05. The first kappa shape index (κ1) is 12.6. The molecule has 16 heavy (non-hydrogen) atoms. The lowest BCUT2D eigenvalue weighted by Crippen LogP contribution is -2.28. The van der Waals surface area contributed by atoms with Crippen molar-refractivity contribution in [2.45, 2.75) is 26.2 Å². The lowest BCUT2D eigenvalue weighted by molar-refractivity contribution is 0.0814. The van der Waals surface area contributed by atoms with Crippen LogP contribution in [0.3, 0.4) is 0 Å². The summed E-state index contributed by atoms with van der Waals surface area (Å²) < 4.78 is 3.81. The Morgan fingerprint density at radius 2 is 2.19 bits per heavy atom. The second-order valence-corrected chi connectivity index (χ2v) is 5.27. The highest BCUT2D eigenvalue weighted by molar-refractivity contribution is 7.08. The largest absolute Gasteiger partial charge is 0.328 e. The standard InChI is InChI=1S/C10H14N4OS/c1-10(2,3)8-7(16-13-12-8)9(15)14(4)6-5-11/h6H2,1-4H3. The van der Waals surface area contributed by atoms with Crippen LogP contribution >= 0.6 is 11.5 Å². The quantitative estimate of drug-likeness (QED) is 0.731. The fourth-order valence-corrected chi connectivity index (χ4v) is 2.04. The van der Waals surface area contributed by atoms with E-state index in [1.165, 1.54) is 4.90 Å². The lowest BCUT2D eigenvalue weighted by atomic mass is 9.91. The van der Waals surface area contributed by atoms with Gasteiger partial charge in [-0.3, -0.25) is 4.79 Å². The van der Waals surface area contributed by atoms with E-state index in [2.05, 4.69) is 9.59 Å². The lowest BCUT2D eigenvalue weighted by Gasteiger charge is -2.18. The zero-order valence-electron chi connectivity index (χ0n) is 9.81. The molecule has 0 aromatic carbocycles. The number of hydrogen-bond donors (Lipinski definition) is 0. The number of carbonyl (C=O) groups excluding carboxylic acids is 1. The molecule has 1 heterocycles. The molecule has 0 aliphatic rings. The van der Waals surface area contributed by atoms with Gasteiger partial charge in [-0.1, -0.05) is 25.3 Å². The molecule has 0 fully saturated rings. The van der Waals surface area contributed by atoms with E-state index in [0.717, 1.165) is 11.5 Å². The molecule has 0 spiro atoms. The minimum atomic E-state index is -0.217. The van der Waals surface area contributed by atoms with Gasteiger partial charge in [0, 0.05) is 12.5 Å². The van der Waals surface area contributed by atoms with Crippen LogP contribution in [0.25, 0.3) is 0 Å². The molecular formula is C10H14N4OS. The molecule has 0 atom stereocenters. The van der Waals surface area contributed by atoms with Crippen LogP contribution in [-0.4, -0.2) is 34.0 Å². The zero-order valence-corrected chi connectivity index (χ0v) is 10.6. The van der Waals surface area contributed by atoms with Crippen molar-refractivity contribution in [3.05, 3.63) is 10.6 Å². The fourth-order valence-electron chi connectivity index (χ4n) is 1.17. The van der Waals surface area contributed by atoms with Crippen molar-refractivity contribution < 1.29 is 4.79 Å². The Labute approximate surface area is 98.9 Å². The molecule has 0 radical (unpaired) electrons. The molecule has 6 heteroatoms. The first-order valence-electron chi connectivity index (χ1n) is 4.83. The van der Waals surface area contributed by atoms with Crippen molar-refractivity contribution in [1.29, 1.82) is 5.26 Å². The molecule has 0 aliphatic heterocycles. The summed E-state index contributed by atoms with van der Waals surface area (Å²) in [6, 6.07) is 1.94. The number of carbonyl (C=O) groups is 1. The predicted octanol–water partition coefficient (Wildman–Crippen LogP) is 1.43. The van der Waals surface area contributed by atoms with Gasteiger partial charge in [-0.2, -0.15) is 5.26 Å². The molecule has 1 aromatic rings. The predicted molar refractivity (Wildman–Crippen MR) is 61.2 cm³/mol. The second-order valence-electron chi connectivity index (χ2n) is 4.52. The van der Waals surface area contributed by atoms with Gasteiger partial charge < -0.3 is 4.90 Å². The van der Waals surface area contributed by atoms with Crippen molar-refractivity contribution >= 4 is 17.4 Å². The molecule has 0 bridgehead atoms. The number of nitrogens with zero attached hydrogens (tertiary/aromatic N) is 4. The van der Waals surface area contributed by atoms with Gasteiger partial charge in [-0.15, -0.1) is 5.10 Å². The third kappa shape index (κ3) is 2.55. The maximum absolute atomic E-state index is 12.0. The highest BCUT2D eigenvalue weighted by atomic mass is 32.1. The Morgan fingerprint density at radius 1 is 1.56 bits per heavy atom. The van der Waals surface area contributed by atoms with Crippen LogP contribution < -0.4 is 0 Å². The summed E-state index contributed by atoms with van der Waals surface area (Å²) in [6.07, 6.45) is 0. The van der Waals surface area contributed by atoms with Crippen LogP contribution in [0.4, 0.5) is 0 Å². The monoisotopic (exact) mass is 238 g/mol. The summed E-state index contributed by atoms with van der Waals surface area (Å²) in [5.41, 5.74) is 0.471. The van der Waals surface area contributed by atoms with Crippen LogP contribution in [0.1, 0.15) is 36.1 Å². The normalized spacial score (nSPS) is 10.9. The molecule has 1 rings (SSSR count). The zero-order chi connectivity index (χ0) is 12.3. The summed E-state index contributed by atoms with van der Waals surface area (Å²) in [5, 5.41) is 12.5. The van der Waals surface area contributed by atoms with Gasteiger partial charge in [0.1, 0.15) is 11.4 Å². The van der Waals surface area contributed by atoms with E-state index in [1.54, 1.807) is 7.05 Å². The molecule has 0 N–H and O–H groups in total. The summed E-state index contributed by atoms with van der Waals surface area (Å²) in [5.74, 6) is -0.193. The van der Waals surface area contributed by atoms with E-state index in [9.17, 15) is 4.79 Å². The van der Waals surface area contributed by atoms with Crippen LogP contribution in [0.5, 0.6) is 0 Å². The molecule has 1 aromatic heterocycles. The fraction of sp³-hybridized carbons (Fsp3) is 0.600. The van der Waals surface area contributed by atoms with E-state index in [1.807, 2.05) is 26.8 Å². The number of rotatable bonds is 2. The van der Waals surface area contributed by atoms with Crippen LogP contribution in [0, 0.1) is 11.3 Å². The number of nitriles is 1. The maximum Gasteiger partial charge on any atom is 0.268 e. The average molecular weight is 238 g/mol.